The van der Waals surface area contributed by atoms with E-state index in [2.05, 4.69) is 0 Å². The number of ketones is 1. The third-order valence-electron chi connectivity index (χ3n) is 3.90. The van der Waals surface area contributed by atoms with Gasteiger partial charge in [-0.15, -0.1) is 0 Å². The summed E-state index contributed by atoms with van der Waals surface area (Å²) in [5.74, 6) is -0.265. The highest BCUT2D eigenvalue weighted by Gasteiger charge is 2.38. The van der Waals surface area contributed by atoms with Gasteiger partial charge in [0.15, 0.2) is 5.78 Å². The van der Waals surface area contributed by atoms with E-state index < -0.39 is 17.3 Å². The Hall–Kier alpha value is -1.36. The summed E-state index contributed by atoms with van der Waals surface area (Å²) in [4.78, 5) is 14.4. The third kappa shape index (κ3) is 3.03. The molecular formula is C15H20F3NO. The Kier molecular flexibility index (Phi) is 4.97. The SMILES string of the molecule is CCC(CC)(C(=O)c1cccc(C(F)(F)F)c1)N(C)C. The third-order valence-corrected chi connectivity index (χ3v) is 3.90. The molecule has 5 heteroatoms. The van der Waals surface area contributed by atoms with Crippen LogP contribution in [-0.2, 0) is 6.18 Å². The number of alkyl halides is 3. The predicted octanol–water partition coefficient (Wildman–Crippen LogP) is 4.01. The Labute approximate surface area is 117 Å². The number of hydrogen-bond donors (Lipinski definition) is 0. The van der Waals surface area contributed by atoms with E-state index in [-0.39, 0.29) is 11.3 Å². The molecule has 0 unspecified atom stereocenters. The molecule has 112 valence electrons. The van der Waals surface area contributed by atoms with Gasteiger partial charge in [-0.2, -0.15) is 13.2 Å². The van der Waals surface area contributed by atoms with Crippen LogP contribution in [-0.4, -0.2) is 30.3 Å². The summed E-state index contributed by atoms with van der Waals surface area (Å²) >= 11 is 0. The minimum atomic E-state index is -4.44. The Morgan fingerprint density at radius 1 is 1.15 bits per heavy atom. The summed E-state index contributed by atoms with van der Waals surface area (Å²) in [5, 5.41) is 0. The van der Waals surface area contributed by atoms with E-state index in [4.69, 9.17) is 0 Å². The lowest BCUT2D eigenvalue weighted by molar-refractivity contribution is -0.137. The highest BCUT2D eigenvalue weighted by atomic mass is 19.4. The fourth-order valence-electron chi connectivity index (χ4n) is 2.51. The lowest BCUT2D eigenvalue weighted by atomic mass is 9.83. The van der Waals surface area contributed by atoms with Crippen molar-refractivity contribution in [2.45, 2.75) is 38.4 Å². The fourth-order valence-corrected chi connectivity index (χ4v) is 2.51. The number of carbonyl (C=O) groups excluding carboxylic acids is 1. The number of benzene rings is 1. The Morgan fingerprint density at radius 3 is 2.10 bits per heavy atom. The number of halogens is 3. The number of likely N-dealkylation sites (N-methyl/N-ethyl adjacent to an activating group) is 1. The molecule has 0 fully saturated rings. The highest BCUT2D eigenvalue weighted by Crippen LogP contribution is 2.32. The molecule has 0 aliphatic carbocycles. The van der Waals surface area contributed by atoms with Gasteiger partial charge >= 0.3 is 6.18 Å². The van der Waals surface area contributed by atoms with Crippen molar-refractivity contribution < 1.29 is 18.0 Å². The summed E-state index contributed by atoms with van der Waals surface area (Å²) in [6.07, 6.45) is -3.34. The van der Waals surface area contributed by atoms with Crippen molar-refractivity contribution in [2.75, 3.05) is 14.1 Å². The summed E-state index contributed by atoms with van der Waals surface area (Å²) < 4.78 is 38.2. The Balaban J connectivity index is 3.27. The van der Waals surface area contributed by atoms with Crippen LogP contribution in [0.15, 0.2) is 24.3 Å². The number of nitrogens with zero attached hydrogens (tertiary/aromatic N) is 1. The van der Waals surface area contributed by atoms with Gasteiger partial charge in [-0.05, 0) is 39.1 Å². The zero-order chi connectivity index (χ0) is 15.6. The molecule has 0 amide bonds. The van der Waals surface area contributed by atoms with Gasteiger partial charge in [0.25, 0.3) is 0 Å². The van der Waals surface area contributed by atoms with Crippen LogP contribution in [0.25, 0.3) is 0 Å². The van der Waals surface area contributed by atoms with Crippen LogP contribution in [0.1, 0.15) is 42.6 Å². The van der Waals surface area contributed by atoms with Crippen molar-refractivity contribution in [1.82, 2.24) is 4.90 Å². The second-order valence-electron chi connectivity index (χ2n) is 5.04. The maximum Gasteiger partial charge on any atom is 0.416 e. The minimum absolute atomic E-state index is 0.109. The largest absolute Gasteiger partial charge is 0.416 e. The lowest BCUT2D eigenvalue weighted by Crippen LogP contribution is -2.50. The van der Waals surface area contributed by atoms with Gasteiger partial charge < -0.3 is 0 Å². The smallest absolute Gasteiger partial charge is 0.297 e. The van der Waals surface area contributed by atoms with Crippen LogP contribution in [0.2, 0.25) is 0 Å². The number of hydrogen-bond acceptors (Lipinski definition) is 2. The van der Waals surface area contributed by atoms with Gasteiger partial charge in [-0.3, -0.25) is 9.69 Å². The van der Waals surface area contributed by atoms with E-state index in [0.29, 0.717) is 12.8 Å². The minimum Gasteiger partial charge on any atom is -0.297 e. The molecule has 0 aliphatic rings. The summed E-state index contributed by atoms with van der Waals surface area (Å²) in [5.41, 5.74) is -1.44. The standard InChI is InChI=1S/C15H20F3NO/c1-5-14(6-2,19(3)4)13(20)11-8-7-9-12(10-11)15(16,17)18/h7-10H,5-6H2,1-4H3. The average Bonchev–Trinajstić information content (AvgIpc) is 2.39. The molecular weight excluding hydrogens is 267 g/mol. The Morgan fingerprint density at radius 2 is 1.70 bits per heavy atom. The van der Waals surface area contributed by atoms with E-state index in [9.17, 15) is 18.0 Å². The van der Waals surface area contributed by atoms with E-state index in [1.165, 1.54) is 12.1 Å². The van der Waals surface area contributed by atoms with E-state index >= 15 is 0 Å². The first-order valence-corrected chi connectivity index (χ1v) is 6.58. The van der Waals surface area contributed by atoms with E-state index in [1.807, 2.05) is 13.8 Å². The van der Waals surface area contributed by atoms with Crippen molar-refractivity contribution in [2.24, 2.45) is 0 Å². The van der Waals surface area contributed by atoms with Gasteiger partial charge in [0.1, 0.15) is 0 Å². The second-order valence-corrected chi connectivity index (χ2v) is 5.04. The zero-order valence-electron chi connectivity index (χ0n) is 12.2. The van der Waals surface area contributed by atoms with Gasteiger partial charge in [0, 0.05) is 5.56 Å². The molecule has 0 aliphatic heterocycles. The molecule has 0 radical (unpaired) electrons. The summed E-state index contributed by atoms with van der Waals surface area (Å²) in [6.45, 7) is 3.74. The fraction of sp³-hybridized carbons (Fsp3) is 0.533. The maximum absolute atomic E-state index is 12.7. The van der Waals surface area contributed by atoms with Crippen molar-refractivity contribution in [3.63, 3.8) is 0 Å². The molecule has 0 aromatic heterocycles. The molecule has 1 aromatic rings. The number of carbonyl (C=O) groups is 1. The molecule has 0 bridgehead atoms. The van der Waals surface area contributed by atoms with Crippen LogP contribution in [0.5, 0.6) is 0 Å². The maximum atomic E-state index is 12.7. The van der Waals surface area contributed by atoms with Crippen molar-refractivity contribution >= 4 is 5.78 Å². The number of rotatable bonds is 5. The molecule has 0 spiro atoms. The van der Waals surface area contributed by atoms with Crippen LogP contribution >= 0.6 is 0 Å². The first-order valence-electron chi connectivity index (χ1n) is 6.58. The molecule has 1 aromatic carbocycles. The lowest BCUT2D eigenvalue weighted by Gasteiger charge is -2.37. The topological polar surface area (TPSA) is 20.3 Å². The average molecular weight is 287 g/mol. The van der Waals surface area contributed by atoms with Crippen LogP contribution in [0.3, 0.4) is 0 Å². The molecule has 0 heterocycles. The summed E-state index contributed by atoms with van der Waals surface area (Å²) in [7, 11) is 3.55. The zero-order valence-corrected chi connectivity index (χ0v) is 12.2. The van der Waals surface area contributed by atoms with Crippen molar-refractivity contribution in [3.05, 3.63) is 35.4 Å². The highest BCUT2D eigenvalue weighted by molar-refractivity contribution is 6.03. The van der Waals surface area contributed by atoms with Crippen LogP contribution < -0.4 is 0 Å². The van der Waals surface area contributed by atoms with Gasteiger partial charge in [-0.1, -0.05) is 26.0 Å². The first-order chi connectivity index (χ1) is 9.19. The molecule has 0 saturated heterocycles. The van der Waals surface area contributed by atoms with E-state index in [0.717, 1.165) is 12.1 Å². The molecule has 2 nitrogen and oxygen atoms in total. The van der Waals surface area contributed by atoms with Crippen LogP contribution in [0, 0.1) is 0 Å². The predicted molar refractivity (Wildman–Crippen MR) is 72.8 cm³/mol. The summed E-state index contributed by atoms with van der Waals surface area (Å²) in [6, 6.07) is 4.64. The second kappa shape index (κ2) is 5.95. The monoisotopic (exact) mass is 287 g/mol. The molecule has 20 heavy (non-hydrogen) atoms. The molecule has 0 N–H and O–H groups in total. The molecule has 0 atom stereocenters. The van der Waals surface area contributed by atoms with E-state index in [1.54, 1.807) is 19.0 Å². The van der Waals surface area contributed by atoms with Gasteiger partial charge in [0.05, 0.1) is 11.1 Å². The quantitative estimate of drug-likeness (QED) is 0.763. The molecule has 0 saturated carbocycles. The molecule has 1 rings (SSSR count). The van der Waals surface area contributed by atoms with Crippen molar-refractivity contribution in [1.29, 1.82) is 0 Å². The number of Topliss-reactive ketones (excluding diaryl/α,β-unsaturated/α-hetero) is 1. The normalized spacial score (nSPS) is 12.8. The van der Waals surface area contributed by atoms with Gasteiger partial charge in [-0.25, -0.2) is 0 Å². The van der Waals surface area contributed by atoms with Crippen molar-refractivity contribution in [3.8, 4) is 0 Å². The van der Waals surface area contributed by atoms with Crippen LogP contribution in [0.4, 0.5) is 13.2 Å². The van der Waals surface area contributed by atoms with Gasteiger partial charge in [0.2, 0.25) is 0 Å². The Bertz CT molecular complexity index is 476. The first kappa shape index (κ1) is 16.7.